The number of nitrogens with one attached hydrogen (secondary N) is 1. The molecule has 0 amide bonds. The molecule has 1 aliphatic heterocycles. The second-order valence-electron chi connectivity index (χ2n) is 6.89. The van der Waals surface area contributed by atoms with Crippen molar-refractivity contribution >= 4 is 5.82 Å². The first-order valence-electron chi connectivity index (χ1n) is 8.06. The van der Waals surface area contributed by atoms with E-state index in [0.29, 0.717) is 5.92 Å². The van der Waals surface area contributed by atoms with Crippen LogP contribution in [0.3, 0.4) is 0 Å². The number of aromatic nitrogens is 2. The maximum atomic E-state index is 11.8. The molecule has 2 atom stereocenters. The number of hydrogen-bond acceptors (Lipinski definition) is 4. The SMILES string of the molecule is CC(C)c1nc(N2CCC3(O)CCCCC3C2)cc(=O)[nH]1. The second kappa shape index (κ2) is 5.44. The molecule has 0 radical (unpaired) electrons. The number of aromatic amines is 1. The predicted octanol–water partition coefficient (Wildman–Crippen LogP) is 2.02. The highest BCUT2D eigenvalue weighted by atomic mass is 16.3. The summed E-state index contributed by atoms with van der Waals surface area (Å²) >= 11 is 0. The van der Waals surface area contributed by atoms with E-state index in [1.54, 1.807) is 6.07 Å². The lowest BCUT2D eigenvalue weighted by Crippen LogP contribution is -2.53. The molecule has 0 bridgehead atoms. The maximum absolute atomic E-state index is 11.8. The van der Waals surface area contributed by atoms with E-state index >= 15 is 0 Å². The van der Waals surface area contributed by atoms with E-state index in [1.165, 1.54) is 6.42 Å². The number of fused-ring (bicyclic) bond motifs is 1. The highest BCUT2D eigenvalue weighted by Crippen LogP contribution is 2.40. The largest absolute Gasteiger partial charge is 0.389 e. The molecular weight excluding hydrogens is 266 g/mol. The standard InChI is InChI=1S/C16H25N3O2/c1-11(2)15-17-13(9-14(20)18-15)19-8-7-16(21)6-4-3-5-12(16)10-19/h9,11-12,21H,3-8,10H2,1-2H3,(H,17,18,20). The van der Waals surface area contributed by atoms with Crippen LogP contribution in [0.25, 0.3) is 0 Å². The Morgan fingerprint density at radius 2 is 2.24 bits per heavy atom. The molecule has 116 valence electrons. The summed E-state index contributed by atoms with van der Waals surface area (Å²) in [5, 5.41) is 10.7. The molecular formula is C16H25N3O2. The summed E-state index contributed by atoms with van der Waals surface area (Å²) in [5.41, 5.74) is -0.579. The van der Waals surface area contributed by atoms with Gasteiger partial charge in [0, 0.05) is 31.0 Å². The van der Waals surface area contributed by atoms with Crippen molar-refractivity contribution in [1.82, 2.24) is 9.97 Å². The van der Waals surface area contributed by atoms with Gasteiger partial charge < -0.3 is 15.0 Å². The van der Waals surface area contributed by atoms with Gasteiger partial charge >= 0.3 is 0 Å². The van der Waals surface area contributed by atoms with Crippen LogP contribution in [0.15, 0.2) is 10.9 Å². The maximum Gasteiger partial charge on any atom is 0.252 e. The molecule has 21 heavy (non-hydrogen) atoms. The first kappa shape index (κ1) is 14.6. The number of aliphatic hydroxyl groups is 1. The van der Waals surface area contributed by atoms with Crippen LogP contribution >= 0.6 is 0 Å². The van der Waals surface area contributed by atoms with Crippen LogP contribution in [0, 0.1) is 5.92 Å². The van der Waals surface area contributed by atoms with Crippen LogP contribution in [0.1, 0.15) is 57.7 Å². The monoisotopic (exact) mass is 291 g/mol. The van der Waals surface area contributed by atoms with Gasteiger partial charge in [-0.3, -0.25) is 4.79 Å². The summed E-state index contributed by atoms with van der Waals surface area (Å²) in [6.45, 7) is 5.64. The van der Waals surface area contributed by atoms with E-state index in [1.807, 2.05) is 13.8 Å². The van der Waals surface area contributed by atoms with E-state index in [-0.39, 0.29) is 11.5 Å². The number of H-pyrrole nitrogens is 1. The quantitative estimate of drug-likeness (QED) is 0.874. The third-order valence-electron chi connectivity index (χ3n) is 5.04. The smallest absolute Gasteiger partial charge is 0.252 e. The van der Waals surface area contributed by atoms with Crippen LogP contribution in [0.4, 0.5) is 5.82 Å². The Balaban J connectivity index is 1.84. The predicted molar refractivity (Wildman–Crippen MR) is 82.7 cm³/mol. The Labute approximate surface area is 125 Å². The third kappa shape index (κ3) is 2.84. The normalized spacial score (nSPS) is 29.5. The summed E-state index contributed by atoms with van der Waals surface area (Å²) in [7, 11) is 0. The van der Waals surface area contributed by atoms with E-state index in [2.05, 4.69) is 14.9 Å². The molecule has 1 aliphatic carbocycles. The number of nitrogens with zero attached hydrogens (tertiary/aromatic N) is 2. The second-order valence-corrected chi connectivity index (χ2v) is 6.89. The highest BCUT2D eigenvalue weighted by Gasteiger charge is 2.43. The molecule has 3 rings (SSSR count). The average molecular weight is 291 g/mol. The molecule has 2 fully saturated rings. The molecule has 5 heteroatoms. The van der Waals surface area contributed by atoms with Crippen LogP contribution in [-0.4, -0.2) is 33.8 Å². The Bertz CT molecular complexity index is 569. The number of anilines is 1. The lowest BCUT2D eigenvalue weighted by molar-refractivity contribution is -0.0613. The topological polar surface area (TPSA) is 69.2 Å². The van der Waals surface area contributed by atoms with Crippen molar-refractivity contribution in [3.63, 3.8) is 0 Å². The van der Waals surface area contributed by atoms with E-state index in [0.717, 1.165) is 50.4 Å². The number of rotatable bonds is 2. The van der Waals surface area contributed by atoms with Crippen molar-refractivity contribution in [3.8, 4) is 0 Å². The summed E-state index contributed by atoms with van der Waals surface area (Å²) in [6, 6.07) is 1.58. The van der Waals surface area contributed by atoms with Gasteiger partial charge in [-0.15, -0.1) is 0 Å². The molecule has 2 heterocycles. The number of piperidine rings is 1. The Kier molecular flexibility index (Phi) is 3.78. The van der Waals surface area contributed by atoms with Gasteiger partial charge in [-0.25, -0.2) is 4.98 Å². The minimum absolute atomic E-state index is 0.0896. The molecule has 2 aliphatic rings. The zero-order valence-electron chi connectivity index (χ0n) is 12.9. The van der Waals surface area contributed by atoms with Gasteiger partial charge in [-0.2, -0.15) is 0 Å². The molecule has 1 saturated carbocycles. The van der Waals surface area contributed by atoms with Crippen LogP contribution < -0.4 is 10.5 Å². The first-order chi connectivity index (χ1) is 9.98. The van der Waals surface area contributed by atoms with Crippen molar-refractivity contribution in [2.75, 3.05) is 18.0 Å². The molecule has 5 nitrogen and oxygen atoms in total. The summed E-state index contributed by atoms with van der Waals surface area (Å²) in [4.78, 5) is 21.4. The fourth-order valence-corrected chi connectivity index (χ4v) is 3.68. The molecule has 0 aromatic carbocycles. The zero-order valence-corrected chi connectivity index (χ0v) is 12.9. The van der Waals surface area contributed by atoms with Crippen molar-refractivity contribution in [1.29, 1.82) is 0 Å². The van der Waals surface area contributed by atoms with Crippen molar-refractivity contribution < 1.29 is 5.11 Å². The molecule has 1 aromatic heterocycles. The molecule has 2 unspecified atom stereocenters. The molecule has 1 aromatic rings. The minimum atomic E-state index is -0.489. The summed E-state index contributed by atoms with van der Waals surface area (Å²) in [5.74, 6) is 2.01. The van der Waals surface area contributed by atoms with Gasteiger partial charge in [0.15, 0.2) is 0 Å². The minimum Gasteiger partial charge on any atom is -0.389 e. The zero-order chi connectivity index (χ0) is 15.0. The van der Waals surface area contributed by atoms with Crippen LogP contribution in [0.2, 0.25) is 0 Å². The van der Waals surface area contributed by atoms with Gasteiger partial charge in [0.25, 0.3) is 5.56 Å². The molecule has 1 saturated heterocycles. The van der Waals surface area contributed by atoms with Gasteiger partial charge in [0.2, 0.25) is 0 Å². The Morgan fingerprint density at radius 1 is 1.43 bits per heavy atom. The summed E-state index contributed by atoms with van der Waals surface area (Å²) in [6.07, 6.45) is 5.11. The Morgan fingerprint density at radius 3 is 3.00 bits per heavy atom. The van der Waals surface area contributed by atoms with Gasteiger partial charge in [0.1, 0.15) is 11.6 Å². The third-order valence-corrected chi connectivity index (χ3v) is 5.04. The van der Waals surface area contributed by atoms with Crippen LogP contribution in [0.5, 0.6) is 0 Å². The fourth-order valence-electron chi connectivity index (χ4n) is 3.68. The van der Waals surface area contributed by atoms with Gasteiger partial charge in [0.05, 0.1) is 5.60 Å². The van der Waals surface area contributed by atoms with E-state index in [9.17, 15) is 9.90 Å². The highest BCUT2D eigenvalue weighted by molar-refractivity contribution is 5.39. The summed E-state index contributed by atoms with van der Waals surface area (Å²) < 4.78 is 0. The van der Waals surface area contributed by atoms with E-state index < -0.39 is 5.60 Å². The van der Waals surface area contributed by atoms with E-state index in [4.69, 9.17) is 0 Å². The first-order valence-corrected chi connectivity index (χ1v) is 8.06. The average Bonchev–Trinajstić information content (AvgIpc) is 2.45. The Hall–Kier alpha value is -1.36. The van der Waals surface area contributed by atoms with Gasteiger partial charge in [-0.05, 0) is 19.3 Å². The van der Waals surface area contributed by atoms with Gasteiger partial charge in [-0.1, -0.05) is 26.7 Å². The van der Waals surface area contributed by atoms with Crippen LogP contribution in [-0.2, 0) is 0 Å². The lowest BCUT2D eigenvalue weighted by atomic mass is 9.71. The van der Waals surface area contributed by atoms with Crippen molar-refractivity contribution in [2.45, 2.75) is 57.5 Å². The van der Waals surface area contributed by atoms with Crippen molar-refractivity contribution in [3.05, 3.63) is 22.2 Å². The lowest BCUT2D eigenvalue weighted by Gasteiger charge is -2.47. The fraction of sp³-hybridized carbons (Fsp3) is 0.750. The molecule has 0 spiro atoms. The number of hydrogen-bond donors (Lipinski definition) is 2. The van der Waals surface area contributed by atoms with Crippen molar-refractivity contribution in [2.24, 2.45) is 5.92 Å². The molecule has 2 N–H and O–H groups in total.